The van der Waals surface area contributed by atoms with Crippen LogP contribution in [0.5, 0.6) is 5.75 Å². The Hall–Kier alpha value is -1.62. The van der Waals surface area contributed by atoms with Crippen molar-refractivity contribution in [2.45, 2.75) is 39.3 Å². The summed E-state index contributed by atoms with van der Waals surface area (Å²) in [5.74, 6) is -0.328. The van der Waals surface area contributed by atoms with Gasteiger partial charge in [-0.3, -0.25) is 4.79 Å². The average Bonchev–Trinajstić information content (AvgIpc) is 2.35. The smallest absolute Gasteiger partial charge is 0.258 e. The zero-order chi connectivity index (χ0) is 14.4. The van der Waals surface area contributed by atoms with Gasteiger partial charge in [0.05, 0.1) is 0 Å². The molecule has 0 fully saturated rings. The van der Waals surface area contributed by atoms with Crippen molar-refractivity contribution in [3.05, 3.63) is 29.6 Å². The largest absolute Gasteiger partial charge is 0.483 e. The van der Waals surface area contributed by atoms with Crippen molar-refractivity contribution in [2.75, 3.05) is 6.61 Å². The molecule has 0 aliphatic carbocycles. The Kier molecular flexibility index (Phi) is 5.76. The van der Waals surface area contributed by atoms with Gasteiger partial charge in [-0.25, -0.2) is 4.39 Å². The third-order valence-electron chi connectivity index (χ3n) is 2.84. The Morgan fingerprint density at radius 1 is 1.47 bits per heavy atom. The van der Waals surface area contributed by atoms with Crippen molar-refractivity contribution in [1.82, 2.24) is 5.32 Å². The SMILES string of the molecule is CCC(C)NC(=O)COc1cc(F)ccc1[C@@H](C)N. The normalized spacial score (nSPS) is 13.7. The maximum atomic E-state index is 13.2. The lowest BCUT2D eigenvalue weighted by Crippen LogP contribution is -2.35. The van der Waals surface area contributed by atoms with Crippen molar-refractivity contribution >= 4 is 5.91 Å². The molecule has 0 saturated carbocycles. The minimum Gasteiger partial charge on any atom is -0.483 e. The van der Waals surface area contributed by atoms with E-state index in [4.69, 9.17) is 10.5 Å². The van der Waals surface area contributed by atoms with E-state index < -0.39 is 5.82 Å². The highest BCUT2D eigenvalue weighted by atomic mass is 19.1. The lowest BCUT2D eigenvalue weighted by molar-refractivity contribution is -0.123. The molecule has 0 radical (unpaired) electrons. The maximum absolute atomic E-state index is 13.2. The van der Waals surface area contributed by atoms with Gasteiger partial charge in [-0.15, -0.1) is 0 Å². The van der Waals surface area contributed by atoms with Gasteiger partial charge in [0, 0.05) is 23.7 Å². The first-order valence-electron chi connectivity index (χ1n) is 6.41. The fourth-order valence-corrected chi connectivity index (χ4v) is 1.57. The van der Waals surface area contributed by atoms with E-state index in [-0.39, 0.29) is 24.6 Å². The lowest BCUT2D eigenvalue weighted by atomic mass is 10.1. The Labute approximate surface area is 113 Å². The van der Waals surface area contributed by atoms with E-state index in [9.17, 15) is 9.18 Å². The molecule has 4 nitrogen and oxygen atoms in total. The van der Waals surface area contributed by atoms with Crippen LogP contribution in [0, 0.1) is 5.82 Å². The molecule has 0 saturated heterocycles. The van der Waals surface area contributed by atoms with E-state index in [1.165, 1.54) is 12.1 Å². The third kappa shape index (κ3) is 4.87. The molecule has 0 spiro atoms. The van der Waals surface area contributed by atoms with E-state index in [1.807, 2.05) is 13.8 Å². The summed E-state index contributed by atoms with van der Waals surface area (Å²) in [5, 5.41) is 2.77. The number of halogens is 1. The van der Waals surface area contributed by atoms with Crippen LogP contribution in [-0.4, -0.2) is 18.6 Å². The van der Waals surface area contributed by atoms with Crippen LogP contribution in [-0.2, 0) is 4.79 Å². The van der Waals surface area contributed by atoms with Crippen LogP contribution in [0.25, 0.3) is 0 Å². The Morgan fingerprint density at radius 3 is 2.74 bits per heavy atom. The highest BCUT2D eigenvalue weighted by Gasteiger charge is 2.12. The van der Waals surface area contributed by atoms with Gasteiger partial charge in [-0.05, 0) is 26.3 Å². The summed E-state index contributed by atoms with van der Waals surface area (Å²) in [6, 6.07) is 3.95. The van der Waals surface area contributed by atoms with Crippen LogP contribution in [0.1, 0.15) is 38.8 Å². The minimum absolute atomic E-state index is 0.0940. The number of rotatable bonds is 6. The summed E-state index contributed by atoms with van der Waals surface area (Å²) in [5.41, 5.74) is 6.45. The van der Waals surface area contributed by atoms with Gasteiger partial charge < -0.3 is 15.8 Å². The highest BCUT2D eigenvalue weighted by Crippen LogP contribution is 2.24. The van der Waals surface area contributed by atoms with E-state index in [2.05, 4.69) is 5.32 Å². The average molecular weight is 268 g/mol. The number of ether oxygens (including phenoxy) is 1. The number of hydrogen-bond acceptors (Lipinski definition) is 3. The van der Waals surface area contributed by atoms with Crippen LogP contribution >= 0.6 is 0 Å². The van der Waals surface area contributed by atoms with Gasteiger partial charge >= 0.3 is 0 Å². The molecule has 0 aromatic heterocycles. The number of hydrogen-bond donors (Lipinski definition) is 2. The summed E-state index contributed by atoms with van der Waals surface area (Å²) in [6.45, 7) is 5.52. The first kappa shape index (κ1) is 15.4. The molecule has 1 aromatic carbocycles. The monoisotopic (exact) mass is 268 g/mol. The number of nitrogens with two attached hydrogens (primary N) is 1. The molecule has 0 aliphatic heterocycles. The maximum Gasteiger partial charge on any atom is 0.258 e. The van der Waals surface area contributed by atoms with E-state index in [1.54, 1.807) is 13.0 Å². The first-order chi connectivity index (χ1) is 8.93. The van der Waals surface area contributed by atoms with Gasteiger partial charge in [0.25, 0.3) is 5.91 Å². The summed E-state index contributed by atoms with van der Waals surface area (Å²) in [7, 11) is 0. The zero-order valence-corrected chi connectivity index (χ0v) is 11.6. The Balaban J connectivity index is 2.66. The zero-order valence-electron chi connectivity index (χ0n) is 11.6. The summed E-state index contributed by atoms with van der Waals surface area (Å²) < 4.78 is 18.5. The Morgan fingerprint density at radius 2 is 2.16 bits per heavy atom. The molecule has 5 heteroatoms. The molecule has 19 heavy (non-hydrogen) atoms. The molecule has 0 bridgehead atoms. The molecule has 106 valence electrons. The Bertz CT molecular complexity index is 435. The van der Waals surface area contributed by atoms with Gasteiger partial charge in [0.2, 0.25) is 0 Å². The minimum atomic E-state index is -0.415. The number of carbonyl (C=O) groups is 1. The van der Waals surface area contributed by atoms with Crippen LogP contribution in [0.3, 0.4) is 0 Å². The second-order valence-corrected chi connectivity index (χ2v) is 4.64. The second kappa shape index (κ2) is 7.09. The lowest BCUT2D eigenvalue weighted by Gasteiger charge is -2.15. The molecular formula is C14H21FN2O2. The van der Waals surface area contributed by atoms with Gasteiger partial charge in [0.1, 0.15) is 11.6 Å². The van der Waals surface area contributed by atoms with E-state index in [0.717, 1.165) is 6.42 Å². The third-order valence-corrected chi connectivity index (χ3v) is 2.84. The quantitative estimate of drug-likeness (QED) is 0.830. The molecular weight excluding hydrogens is 247 g/mol. The fourth-order valence-electron chi connectivity index (χ4n) is 1.57. The number of benzene rings is 1. The second-order valence-electron chi connectivity index (χ2n) is 4.64. The molecule has 1 aromatic rings. The highest BCUT2D eigenvalue weighted by molar-refractivity contribution is 5.77. The summed E-state index contributed by atoms with van der Waals surface area (Å²) >= 11 is 0. The molecule has 1 unspecified atom stereocenters. The summed E-state index contributed by atoms with van der Waals surface area (Å²) in [4.78, 5) is 11.6. The molecule has 0 heterocycles. The summed E-state index contributed by atoms with van der Waals surface area (Å²) in [6.07, 6.45) is 0.844. The van der Waals surface area contributed by atoms with E-state index in [0.29, 0.717) is 11.3 Å². The van der Waals surface area contributed by atoms with Gasteiger partial charge in [-0.1, -0.05) is 13.0 Å². The van der Waals surface area contributed by atoms with Crippen LogP contribution < -0.4 is 15.8 Å². The van der Waals surface area contributed by atoms with E-state index >= 15 is 0 Å². The fraction of sp³-hybridized carbons (Fsp3) is 0.500. The molecule has 1 rings (SSSR count). The van der Waals surface area contributed by atoms with Gasteiger partial charge in [0.15, 0.2) is 6.61 Å². The van der Waals surface area contributed by atoms with Crippen molar-refractivity contribution in [3.8, 4) is 5.75 Å². The van der Waals surface area contributed by atoms with Crippen LogP contribution in [0.4, 0.5) is 4.39 Å². The molecule has 1 amide bonds. The van der Waals surface area contributed by atoms with Crippen molar-refractivity contribution in [3.63, 3.8) is 0 Å². The van der Waals surface area contributed by atoms with Crippen LogP contribution in [0.15, 0.2) is 18.2 Å². The number of nitrogens with one attached hydrogen (secondary N) is 1. The number of carbonyl (C=O) groups excluding carboxylic acids is 1. The topological polar surface area (TPSA) is 64.3 Å². The molecule has 3 N–H and O–H groups in total. The van der Waals surface area contributed by atoms with Crippen molar-refractivity contribution in [1.29, 1.82) is 0 Å². The molecule has 2 atom stereocenters. The predicted molar refractivity (Wildman–Crippen MR) is 72.4 cm³/mol. The predicted octanol–water partition coefficient (Wildman–Crippen LogP) is 2.14. The van der Waals surface area contributed by atoms with Crippen molar-refractivity contribution in [2.24, 2.45) is 5.73 Å². The van der Waals surface area contributed by atoms with Crippen molar-refractivity contribution < 1.29 is 13.9 Å². The standard InChI is InChI=1S/C14H21FN2O2/c1-4-9(2)17-14(18)8-19-13-7-11(15)5-6-12(13)10(3)16/h5-7,9-10H,4,8,16H2,1-3H3,(H,17,18)/t9?,10-/m1/s1. The molecule has 0 aliphatic rings. The van der Waals surface area contributed by atoms with Crippen LogP contribution in [0.2, 0.25) is 0 Å². The number of amides is 1. The van der Waals surface area contributed by atoms with Gasteiger partial charge in [-0.2, -0.15) is 0 Å². The first-order valence-corrected chi connectivity index (χ1v) is 6.41.